The van der Waals surface area contributed by atoms with E-state index in [9.17, 15) is 18.0 Å². The molecule has 1 aliphatic rings. The second-order valence-corrected chi connectivity index (χ2v) is 7.38. The fourth-order valence-electron chi connectivity index (χ4n) is 2.01. The van der Waals surface area contributed by atoms with E-state index >= 15 is 0 Å². The maximum Gasteiger partial charge on any atom is 0.334 e. The lowest BCUT2D eigenvalue weighted by Gasteiger charge is -2.34. The van der Waals surface area contributed by atoms with Crippen LogP contribution in [-0.4, -0.2) is 55.6 Å². The summed E-state index contributed by atoms with van der Waals surface area (Å²) in [6, 6.07) is 1.19. The highest BCUT2D eigenvalue weighted by atomic mass is 32.2. The van der Waals surface area contributed by atoms with E-state index in [1.165, 1.54) is 16.3 Å². The van der Waals surface area contributed by atoms with Crippen molar-refractivity contribution >= 4 is 33.2 Å². The summed E-state index contributed by atoms with van der Waals surface area (Å²) in [5.41, 5.74) is 0.169. The van der Waals surface area contributed by atoms with Gasteiger partial charge in [-0.3, -0.25) is 4.79 Å². The van der Waals surface area contributed by atoms with Gasteiger partial charge < -0.3 is 14.7 Å². The van der Waals surface area contributed by atoms with Crippen molar-refractivity contribution in [3.63, 3.8) is 0 Å². The summed E-state index contributed by atoms with van der Waals surface area (Å²) in [6.07, 6.45) is -1.51. The maximum absolute atomic E-state index is 12.3. The van der Waals surface area contributed by atoms with Crippen molar-refractivity contribution in [2.24, 2.45) is 5.14 Å². The van der Waals surface area contributed by atoms with E-state index in [0.29, 0.717) is 0 Å². The highest BCUT2D eigenvalue weighted by Gasteiger charge is 2.33. The number of aliphatic carboxylic acids is 1. The number of thiophene rings is 1. The molecule has 1 aromatic heterocycles. The standard InChI is InChI=1S/C11H14N2O6S2/c1-6-3-13(4-8(19-6)11(15)16)10(14)7-2-9(20-5-7)21(12,17)18/h2,5-6,8H,3-4H2,1H3,(H,15,16)(H2,12,17,18)/t6-,8?/m1/s1. The van der Waals surface area contributed by atoms with Crippen LogP contribution in [0.25, 0.3) is 0 Å². The number of hydrogen-bond donors (Lipinski definition) is 2. The number of ether oxygens (including phenoxy) is 1. The molecule has 1 fully saturated rings. The van der Waals surface area contributed by atoms with Crippen molar-refractivity contribution in [3.8, 4) is 0 Å². The normalized spacial score (nSPS) is 23.0. The zero-order chi connectivity index (χ0) is 15.8. The fraction of sp³-hybridized carbons (Fsp3) is 0.455. The van der Waals surface area contributed by atoms with Crippen molar-refractivity contribution in [3.05, 3.63) is 17.0 Å². The van der Waals surface area contributed by atoms with Crippen LogP contribution in [0.4, 0.5) is 0 Å². The van der Waals surface area contributed by atoms with Crippen LogP contribution in [0.15, 0.2) is 15.7 Å². The molecule has 0 saturated carbocycles. The van der Waals surface area contributed by atoms with Gasteiger partial charge in [0.15, 0.2) is 6.10 Å². The summed E-state index contributed by atoms with van der Waals surface area (Å²) in [4.78, 5) is 24.6. The molecule has 1 unspecified atom stereocenters. The van der Waals surface area contributed by atoms with Crippen LogP contribution in [-0.2, 0) is 19.6 Å². The summed E-state index contributed by atoms with van der Waals surface area (Å²) >= 11 is 0.849. The highest BCUT2D eigenvalue weighted by molar-refractivity contribution is 7.91. The Bertz CT molecular complexity index is 668. The van der Waals surface area contributed by atoms with Gasteiger partial charge in [-0.1, -0.05) is 0 Å². The Kier molecular flexibility index (Phi) is 4.33. The molecule has 0 spiro atoms. The largest absolute Gasteiger partial charge is 0.479 e. The Balaban J connectivity index is 2.19. The number of carboxylic acid groups (broad SMARTS) is 1. The maximum atomic E-state index is 12.3. The van der Waals surface area contributed by atoms with Crippen LogP contribution in [0.5, 0.6) is 0 Å². The first-order chi connectivity index (χ1) is 9.68. The van der Waals surface area contributed by atoms with E-state index in [4.69, 9.17) is 15.0 Å². The number of carbonyl (C=O) groups is 2. The third kappa shape index (κ3) is 3.59. The molecule has 1 amide bonds. The van der Waals surface area contributed by atoms with Crippen LogP contribution in [0.2, 0.25) is 0 Å². The Morgan fingerprint density at radius 1 is 1.48 bits per heavy atom. The van der Waals surface area contributed by atoms with Gasteiger partial charge in [0.05, 0.1) is 18.2 Å². The van der Waals surface area contributed by atoms with E-state index in [0.717, 1.165) is 11.3 Å². The Labute approximate surface area is 125 Å². The number of carboxylic acids is 1. The van der Waals surface area contributed by atoms with Crippen molar-refractivity contribution in [1.29, 1.82) is 0 Å². The number of rotatable bonds is 3. The molecule has 2 atom stereocenters. The third-order valence-corrected chi connectivity index (χ3v) is 5.31. The lowest BCUT2D eigenvalue weighted by Crippen LogP contribution is -2.51. The van der Waals surface area contributed by atoms with E-state index < -0.39 is 34.1 Å². The van der Waals surface area contributed by atoms with Gasteiger partial charge in [-0.15, -0.1) is 11.3 Å². The molecular formula is C11H14N2O6S2. The smallest absolute Gasteiger partial charge is 0.334 e. The van der Waals surface area contributed by atoms with Gasteiger partial charge >= 0.3 is 5.97 Å². The number of hydrogen-bond acceptors (Lipinski definition) is 6. The Hall–Kier alpha value is -1.49. The minimum Gasteiger partial charge on any atom is -0.479 e. The second-order valence-electron chi connectivity index (χ2n) is 4.68. The van der Waals surface area contributed by atoms with Crippen LogP contribution in [0, 0.1) is 0 Å². The minimum atomic E-state index is -3.85. The molecule has 10 heteroatoms. The zero-order valence-corrected chi connectivity index (χ0v) is 12.7. The zero-order valence-electron chi connectivity index (χ0n) is 11.1. The van der Waals surface area contributed by atoms with Crippen molar-refractivity contribution in [2.75, 3.05) is 13.1 Å². The van der Waals surface area contributed by atoms with E-state index in [1.807, 2.05) is 0 Å². The Morgan fingerprint density at radius 3 is 2.67 bits per heavy atom. The molecule has 2 rings (SSSR count). The molecule has 8 nitrogen and oxygen atoms in total. The predicted octanol–water partition coefficient (Wildman–Crippen LogP) is -0.290. The first-order valence-electron chi connectivity index (χ1n) is 5.97. The molecule has 0 radical (unpaired) electrons. The van der Waals surface area contributed by atoms with E-state index in [1.54, 1.807) is 6.92 Å². The van der Waals surface area contributed by atoms with Gasteiger partial charge in [0.1, 0.15) is 4.21 Å². The van der Waals surface area contributed by atoms with Crippen molar-refractivity contribution < 1.29 is 27.9 Å². The topological polar surface area (TPSA) is 127 Å². The average Bonchev–Trinajstić information content (AvgIpc) is 2.86. The molecule has 0 aliphatic carbocycles. The molecule has 0 bridgehead atoms. The summed E-state index contributed by atoms with van der Waals surface area (Å²) in [7, 11) is -3.85. The highest BCUT2D eigenvalue weighted by Crippen LogP contribution is 2.22. The molecule has 21 heavy (non-hydrogen) atoms. The summed E-state index contributed by atoms with van der Waals surface area (Å²) in [5, 5.41) is 15.4. The lowest BCUT2D eigenvalue weighted by molar-refractivity contribution is -0.160. The van der Waals surface area contributed by atoms with Crippen LogP contribution in [0.1, 0.15) is 17.3 Å². The van der Waals surface area contributed by atoms with Gasteiger partial charge in [-0.2, -0.15) is 0 Å². The first-order valence-corrected chi connectivity index (χ1v) is 8.40. The molecule has 1 saturated heterocycles. The fourth-order valence-corrected chi connectivity index (χ4v) is 3.59. The monoisotopic (exact) mass is 334 g/mol. The van der Waals surface area contributed by atoms with E-state index in [2.05, 4.69) is 0 Å². The second kappa shape index (κ2) is 5.72. The number of nitrogens with zero attached hydrogens (tertiary/aromatic N) is 1. The van der Waals surface area contributed by atoms with Gasteiger partial charge in [-0.25, -0.2) is 18.4 Å². The lowest BCUT2D eigenvalue weighted by atomic mass is 10.2. The number of sulfonamides is 1. The van der Waals surface area contributed by atoms with Gasteiger partial charge in [0.2, 0.25) is 10.0 Å². The minimum absolute atomic E-state index is 0.0843. The molecular weight excluding hydrogens is 320 g/mol. The molecule has 116 valence electrons. The third-order valence-electron chi connectivity index (χ3n) is 2.93. The summed E-state index contributed by atoms with van der Waals surface area (Å²) in [6.45, 7) is 1.82. The predicted molar refractivity (Wildman–Crippen MR) is 73.6 cm³/mol. The van der Waals surface area contributed by atoms with Crippen LogP contribution < -0.4 is 5.14 Å². The molecule has 1 aromatic rings. The van der Waals surface area contributed by atoms with Gasteiger partial charge in [0.25, 0.3) is 5.91 Å². The van der Waals surface area contributed by atoms with Crippen molar-refractivity contribution in [2.45, 2.75) is 23.3 Å². The molecule has 3 N–H and O–H groups in total. The molecule has 0 aromatic carbocycles. The number of nitrogens with two attached hydrogens (primary N) is 1. The molecule has 1 aliphatic heterocycles. The number of morpholine rings is 1. The number of amides is 1. The Morgan fingerprint density at radius 2 is 2.14 bits per heavy atom. The quantitative estimate of drug-likeness (QED) is 0.782. The van der Waals surface area contributed by atoms with Crippen molar-refractivity contribution in [1.82, 2.24) is 4.90 Å². The van der Waals surface area contributed by atoms with Gasteiger partial charge in [0, 0.05) is 11.9 Å². The summed E-state index contributed by atoms with van der Waals surface area (Å²) < 4.78 is 27.5. The average molecular weight is 334 g/mol. The van der Waals surface area contributed by atoms with Gasteiger partial charge in [-0.05, 0) is 13.0 Å². The number of carbonyl (C=O) groups excluding carboxylic acids is 1. The summed E-state index contributed by atoms with van der Waals surface area (Å²) in [5.74, 6) is -1.59. The SMILES string of the molecule is C[C@@H]1CN(C(=O)c2csc(S(N)(=O)=O)c2)CC(C(=O)O)O1. The molecule has 2 heterocycles. The first kappa shape index (κ1) is 15.9. The van der Waals surface area contributed by atoms with Crippen LogP contribution >= 0.6 is 11.3 Å². The van der Waals surface area contributed by atoms with E-state index in [-0.39, 0.29) is 22.9 Å². The number of primary sulfonamides is 1. The van der Waals surface area contributed by atoms with Crippen LogP contribution in [0.3, 0.4) is 0 Å².